The zero-order chi connectivity index (χ0) is 15.0. The monoisotopic (exact) mass is 307 g/mol. The van der Waals surface area contributed by atoms with E-state index >= 15 is 0 Å². The number of halogens is 2. The molecular formula is C12H15F2NO4S. The predicted octanol–water partition coefficient (Wildman–Crippen LogP) is 1.39. The average molecular weight is 307 g/mol. The van der Waals surface area contributed by atoms with Crippen molar-refractivity contribution in [2.24, 2.45) is 0 Å². The first-order valence-corrected chi connectivity index (χ1v) is 7.44. The van der Waals surface area contributed by atoms with Gasteiger partial charge in [0.1, 0.15) is 0 Å². The molecule has 0 aromatic heterocycles. The summed E-state index contributed by atoms with van der Waals surface area (Å²) >= 11 is 0. The van der Waals surface area contributed by atoms with Crippen LogP contribution in [-0.2, 0) is 19.5 Å². The third-order valence-corrected chi connectivity index (χ3v) is 4.19. The van der Waals surface area contributed by atoms with Crippen molar-refractivity contribution in [3.63, 3.8) is 0 Å². The van der Waals surface area contributed by atoms with E-state index in [1.54, 1.807) is 13.8 Å². The molecule has 20 heavy (non-hydrogen) atoms. The summed E-state index contributed by atoms with van der Waals surface area (Å²) in [6.07, 6.45) is -0.426. The number of hydrogen-bond acceptors (Lipinski definition) is 4. The van der Waals surface area contributed by atoms with Crippen molar-refractivity contribution >= 4 is 10.0 Å². The topological polar surface area (TPSA) is 64.6 Å². The Kier molecular flexibility index (Phi) is 4.10. The fraction of sp³-hybridized carbons (Fsp3) is 0.500. The maximum absolute atomic E-state index is 13.0. The molecule has 0 radical (unpaired) electrons. The van der Waals surface area contributed by atoms with E-state index in [2.05, 4.69) is 4.72 Å². The number of hydrogen-bond donors (Lipinski definition) is 1. The van der Waals surface area contributed by atoms with Gasteiger partial charge in [-0.3, -0.25) is 0 Å². The third kappa shape index (κ3) is 3.51. The first-order chi connectivity index (χ1) is 9.20. The summed E-state index contributed by atoms with van der Waals surface area (Å²) < 4.78 is 62.7. The van der Waals surface area contributed by atoms with E-state index in [0.29, 0.717) is 6.07 Å². The highest BCUT2D eigenvalue weighted by Crippen LogP contribution is 2.22. The molecule has 1 aromatic carbocycles. The van der Waals surface area contributed by atoms with Crippen LogP contribution in [0.5, 0.6) is 0 Å². The first kappa shape index (κ1) is 15.3. The summed E-state index contributed by atoms with van der Waals surface area (Å²) in [5.74, 6) is -3.06. The van der Waals surface area contributed by atoms with Crippen LogP contribution in [0, 0.1) is 11.6 Å². The van der Waals surface area contributed by atoms with Crippen LogP contribution < -0.4 is 4.72 Å². The van der Waals surface area contributed by atoms with E-state index in [0.717, 1.165) is 12.1 Å². The standard InChI is InChI=1S/C12H15F2NO4S/c1-12(2)18-7-8(19-12)6-15-20(16,17)9-3-4-10(13)11(14)5-9/h3-5,8,15H,6-7H2,1-2H3. The average Bonchev–Trinajstić information content (AvgIpc) is 2.70. The molecule has 0 amide bonds. The van der Waals surface area contributed by atoms with Crippen molar-refractivity contribution in [1.82, 2.24) is 4.72 Å². The zero-order valence-electron chi connectivity index (χ0n) is 11.0. The lowest BCUT2D eigenvalue weighted by molar-refractivity contribution is -0.137. The van der Waals surface area contributed by atoms with Crippen LogP contribution >= 0.6 is 0 Å². The maximum atomic E-state index is 13.0. The Balaban J connectivity index is 2.03. The number of ether oxygens (including phenoxy) is 2. The van der Waals surface area contributed by atoms with Gasteiger partial charge in [-0.1, -0.05) is 0 Å². The van der Waals surface area contributed by atoms with Gasteiger partial charge in [0, 0.05) is 6.54 Å². The number of benzene rings is 1. The molecule has 1 N–H and O–H groups in total. The molecule has 5 nitrogen and oxygen atoms in total. The highest BCUT2D eigenvalue weighted by atomic mass is 32.2. The molecule has 1 saturated heterocycles. The van der Waals surface area contributed by atoms with Gasteiger partial charge in [-0.15, -0.1) is 0 Å². The molecule has 1 aliphatic heterocycles. The van der Waals surface area contributed by atoms with Gasteiger partial charge in [0.25, 0.3) is 0 Å². The molecular weight excluding hydrogens is 292 g/mol. The Bertz CT molecular complexity index is 603. The second kappa shape index (κ2) is 5.36. The Morgan fingerprint density at radius 2 is 2.05 bits per heavy atom. The van der Waals surface area contributed by atoms with Crippen LogP contribution in [0.15, 0.2) is 23.1 Å². The molecule has 8 heteroatoms. The summed E-state index contributed by atoms with van der Waals surface area (Å²) in [6.45, 7) is 3.69. The van der Waals surface area contributed by atoms with Gasteiger partial charge < -0.3 is 9.47 Å². The predicted molar refractivity (Wildman–Crippen MR) is 66.5 cm³/mol. The van der Waals surface area contributed by atoms with E-state index in [4.69, 9.17) is 9.47 Å². The summed E-state index contributed by atoms with van der Waals surface area (Å²) in [7, 11) is -3.92. The minimum absolute atomic E-state index is 0.00917. The summed E-state index contributed by atoms with van der Waals surface area (Å²) in [5.41, 5.74) is 0. The lowest BCUT2D eigenvalue weighted by Gasteiger charge is -2.17. The van der Waals surface area contributed by atoms with E-state index in [9.17, 15) is 17.2 Å². The maximum Gasteiger partial charge on any atom is 0.240 e. The summed E-state index contributed by atoms with van der Waals surface area (Å²) in [6, 6.07) is 2.40. The molecule has 1 aliphatic rings. The fourth-order valence-corrected chi connectivity index (χ4v) is 2.87. The largest absolute Gasteiger partial charge is 0.348 e. The molecule has 1 heterocycles. The second-order valence-electron chi connectivity index (χ2n) is 4.88. The van der Waals surface area contributed by atoms with Crippen molar-refractivity contribution in [2.45, 2.75) is 30.6 Å². The Hall–Kier alpha value is -1.09. The number of rotatable bonds is 4. The third-order valence-electron chi connectivity index (χ3n) is 2.77. The molecule has 1 unspecified atom stereocenters. The van der Waals surface area contributed by atoms with E-state index in [1.165, 1.54) is 0 Å². The van der Waals surface area contributed by atoms with Crippen LogP contribution in [0.2, 0.25) is 0 Å². The Labute approximate surface area is 115 Å². The van der Waals surface area contributed by atoms with Crippen molar-refractivity contribution < 1.29 is 26.7 Å². The van der Waals surface area contributed by atoms with Gasteiger partial charge >= 0.3 is 0 Å². The quantitative estimate of drug-likeness (QED) is 0.913. The molecule has 1 fully saturated rings. The molecule has 0 aliphatic carbocycles. The molecule has 0 bridgehead atoms. The van der Waals surface area contributed by atoms with Gasteiger partial charge in [0.05, 0.1) is 17.6 Å². The van der Waals surface area contributed by atoms with Crippen LogP contribution in [0.4, 0.5) is 8.78 Å². The highest BCUT2D eigenvalue weighted by molar-refractivity contribution is 7.89. The SMILES string of the molecule is CC1(C)OCC(CNS(=O)(=O)c2ccc(F)c(F)c2)O1. The fourth-order valence-electron chi connectivity index (χ4n) is 1.79. The minimum atomic E-state index is -3.92. The molecule has 1 aromatic rings. The molecule has 0 saturated carbocycles. The van der Waals surface area contributed by atoms with Crippen LogP contribution in [-0.4, -0.2) is 33.5 Å². The Morgan fingerprint density at radius 1 is 1.35 bits per heavy atom. The lowest BCUT2D eigenvalue weighted by atomic mass is 10.3. The second-order valence-corrected chi connectivity index (χ2v) is 6.65. The van der Waals surface area contributed by atoms with Crippen molar-refractivity contribution in [1.29, 1.82) is 0 Å². The van der Waals surface area contributed by atoms with Gasteiger partial charge in [0.2, 0.25) is 10.0 Å². The number of sulfonamides is 1. The smallest absolute Gasteiger partial charge is 0.240 e. The molecule has 112 valence electrons. The first-order valence-electron chi connectivity index (χ1n) is 5.96. The highest BCUT2D eigenvalue weighted by Gasteiger charge is 2.33. The van der Waals surface area contributed by atoms with E-state index in [-0.39, 0.29) is 18.0 Å². The Morgan fingerprint density at radius 3 is 2.60 bits per heavy atom. The van der Waals surface area contributed by atoms with Crippen molar-refractivity contribution in [3.8, 4) is 0 Å². The number of nitrogens with one attached hydrogen (secondary N) is 1. The van der Waals surface area contributed by atoms with E-state index in [1.807, 2.05) is 0 Å². The molecule has 2 rings (SSSR count). The van der Waals surface area contributed by atoms with Gasteiger partial charge in [-0.25, -0.2) is 21.9 Å². The lowest BCUT2D eigenvalue weighted by Crippen LogP contribution is -2.34. The normalized spacial score (nSPS) is 22.1. The molecule has 1 atom stereocenters. The summed E-state index contributed by atoms with van der Waals surface area (Å²) in [5, 5.41) is 0. The van der Waals surface area contributed by atoms with E-state index < -0.39 is 33.5 Å². The van der Waals surface area contributed by atoms with Crippen LogP contribution in [0.1, 0.15) is 13.8 Å². The zero-order valence-corrected chi connectivity index (χ0v) is 11.8. The van der Waals surface area contributed by atoms with Gasteiger partial charge in [-0.2, -0.15) is 0 Å². The van der Waals surface area contributed by atoms with Crippen molar-refractivity contribution in [2.75, 3.05) is 13.2 Å². The van der Waals surface area contributed by atoms with Crippen LogP contribution in [0.25, 0.3) is 0 Å². The molecule has 0 spiro atoms. The van der Waals surface area contributed by atoms with Gasteiger partial charge in [-0.05, 0) is 32.0 Å². The summed E-state index contributed by atoms with van der Waals surface area (Å²) in [4.78, 5) is -0.338. The minimum Gasteiger partial charge on any atom is -0.348 e. The van der Waals surface area contributed by atoms with Crippen molar-refractivity contribution in [3.05, 3.63) is 29.8 Å². The van der Waals surface area contributed by atoms with Crippen LogP contribution in [0.3, 0.4) is 0 Å². The van der Waals surface area contributed by atoms with Gasteiger partial charge in [0.15, 0.2) is 17.4 Å².